The molecule has 706 valence electrons. The summed E-state index contributed by atoms with van der Waals surface area (Å²) in [6, 6.07) is -6.07. The second-order valence-corrected chi connectivity index (χ2v) is 33.6. The molecule has 2 aromatic carbocycles. The molecule has 0 radical (unpaired) electrons. The van der Waals surface area contributed by atoms with E-state index in [4.69, 9.17) is 33.8 Å². The van der Waals surface area contributed by atoms with Gasteiger partial charge in [-0.1, -0.05) is 112 Å². The molecule has 3 rings (SSSR count). The van der Waals surface area contributed by atoms with Gasteiger partial charge in [0.05, 0.1) is 12.4 Å². The van der Waals surface area contributed by atoms with Crippen molar-refractivity contribution in [3.63, 3.8) is 0 Å². The Morgan fingerprint density at radius 1 is 0.386 bits per heavy atom. The maximum absolute atomic E-state index is 15.0. The highest BCUT2D eigenvalue weighted by Gasteiger charge is 2.39. The zero-order valence-electron chi connectivity index (χ0n) is 74.2. The summed E-state index contributed by atoms with van der Waals surface area (Å²) in [7, 11) is 0. The molecule has 0 unspecified atom stereocenters. The number of carboxylic acid groups (broad SMARTS) is 3. The first-order chi connectivity index (χ1) is 59.8. The number of phenolic OH excluding ortho intramolecular Hbond substituents is 1. The molecule has 1 heterocycles. The first-order valence-electron chi connectivity index (χ1n) is 42.8. The largest absolute Gasteiger partial charge is 0.508 e. The number of carbonyl (C=O) groups is 16. The van der Waals surface area contributed by atoms with Crippen LogP contribution < -0.4 is 103 Å². The van der Waals surface area contributed by atoms with Gasteiger partial charge in [0, 0.05) is 57.1 Å². The number of unbranched alkanes of at least 4 members (excludes halogenated alkanes) is 1. The molecule has 14 atom stereocenters. The van der Waals surface area contributed by atoms with E-state index in [1.807, 2.05) is 0 Å². The third-order valence-corrected chi connectivity index (χ3v) is 20.0. The fourth-order valence-corrected chi connectivity index (χ4v) is 13.3. The molecule has 1 aromatic heterocycles. The van der Waals surface area contributed by atoms with E-state index in [1.165, 1.54) is 43.7 Å². The number of H-pyrrole nitrogens is 1. The number of hydrogen-bond donors (Lipinski definition) is 26. The molecule has 43 nitrogen and oxygen atoms in total. The number of phenols is 1. The molecular formula is C84H135N23O20. The highest BCUT2D eigenvalue weighted by atomic mass is 16.4. The van der Waals surface area contributed by atoms with E-state index in [9.17, 15) is 92.3 Å². The Morgan fingerprint density at radius 3 is 1.13 bits per heavy atom. The molecular weight excluding hydrogens is 1650 g/mol. The summed E-state index contributed by atoms with van der Waals surface area (Å²) in [5.41, 5.74) is 24.2. The second-order valence-electron chi connectivity index (χ2n) is 33.6. The van der Waals surface area contributed by atoms with Crippen molar-refractivity contribution in [1.29, 1.82) is 10.8 Å². The number of benzene rings is 2. The topological polar surface area (TPSA) is 715 Å². The van der Waals surface area contributed by atoms with Crippen molar-refractivity contribution in [3.8, 4) is 5.75 Å². The number of aromatic amines is 1. The standard InChI is InChI=1S/C84H135N23O20/c1-44(2)35-59(74(118)97-55(21-15-16-32-85)73(117)104-64(40-51-24-26-53(108)27-25-51)77(121)98-56(22-17-33-92-83(87)88)71(115)95-49(11)69(113)96-57(23-18-34-93-84(89)90)72(116)99-58(82(126)127)29-31-67(111)112)101-75(119)60(36-45(3)4)102-76(120)61(37-46(5)6)103-78(122)63(39-50-19-13-12-14-20-50)105-79(123)65(41-52-42-91-43-94-52)106-81(125)68(48(9)10)107-80(124)62(38-47(7)8)100-70(114)54(86)28-30-66(109)110/h12-14,19-20,24-27,42-49,54-65,68,108H,15-18,21-23,28-41,85-86H2,1-11H3,(H,91,94)(H,95,115)(H,96,113)(H,97,118)(H,98,121)(H,99,116)(H,100,114)(H,101,119)(H,102,120)(H,103,122)(H,104,117)(H,105,123)(H,106,125)(H,107,124)(H,109,110)(H,111,112)(H,126,127)(H4,87,88,92)(H4,89,90,93)/t49-,54-,55-,56-,57-,58-,59-,60-,61-,62-,63-,64-,65-,68-/m0/s1. The highest BCUT2D eigenvalue weighted by molar-refractivity contribution is 6.00. The Morgan fingerprint density at radius 2 is 0.732 bits per heavy atom. The molecule has 0 spiro atoms. The van der Waals surface area contributed by atoms with Gasteiger partial charge in [-0.15, -0.1) is 0 Å². The number of imidazole rings is 1. The van der Waals surface area contributed by atoms with Gasteiger partial charge in [-0.25, -0.2) is 9.78 Å². The Balaban J connectivity index is 2.03. The van der Waals surface area contributed by atoms with Crippen molar-refractivity contribution < 1.29 is 97.1 Å². The lowest BCUT2D eigenvalue weighted by molar-refractivity contribution is -0.143. The number of carbonyl (C=O) groups excluding carboxylic acids is 13. The molecule has 127 heavy (non-hydrogen) atoms. The predicted molar refractivity (Wildman–Crippen MR) is 468 cm³/mol. The molecule has 30 N–H and O–H groups in total. The number of amides is 13. The minimum atomic E-state index is -1.69. The van der Waals surface area contributed by atoms with Crippen molar-refractivity contribution in [2.24, 2.45) is 52.5 Å². The number of carboxylic acids is 3. The third kappa shape index (κ3) is 42.8. The summed E-state index contributed by atoms with van der Waals surface area (Å²) in [4.78, 5) is 230. The fraction of sp³-hybridized carbons (Fsp3) is 0.607. The summed E-state index contributed by atoms with van der Waals surface area (Å²) in [6.07, 6.45) is 0.548. The first kappa shape index (κ1) is 109. The molecule has 0 saturated heterocycles. The Hall–Kier alpha value is -12.6. The smallest absolute Gasteiger partial charge is 0.326 e. The van der Waals surface area contributed by atoms with Crippen LogP contribution in [0.4, 0.5) is 0 Å². The first-order valence-corrected chi connectivity index (χ1v) is 42.8. The lowest BCUT2D eigenvalue weighted by atomic mass is 9.98. The fourth-order valence-electron chi connectivity index (χ4n) is 13.3. The summed E-state index contributed by atoms with van der Waals surface area (Å²) >= 11 is 0. The van der Waals surface area contributed by atoms with Crippen molar-refractivity contribution in [2.45, 2.75) is 276 Å². The average Bonchev–Trinajstić information content (AvgIpc) is 1.65. The van der Waals surface area contributed by atoms with Gasteiger partial charge in [0.15, 0.2) is 11.9 Å². The zero-order chi connectivity index (χ0) is 95.3. The molecule has 43 heteroatoms. The van der Waals surface area contributed by atoms with Crippen molar-refractivity contribution >= 4 is 107 Å². The second kappa shape index (κ2) is 56.4. The number of nitrogens with zero attached hydrogens (tertiary/aromatic N) is 1. The molecule has 0 fully saturated rings. The molecule has 0 aliphatic heterocycles. The van der Waals surface area contributed by atoms with Crippen molar-refractivity contribution in [2.75, 3.05) is 19.6 Å². The average molecular weight is 1790 g/mol. The van der Waals surface area contributed by atoms with E-state index in [1.54, 1.807) is 99.6 Å². The Labute approximate surface area is 739 Å². The van der Waals surface area contributed by atoms with E-state index in [0.717, 1.165) is 0 Å². The van der Waals surface area contributed by atoms with Crippen LogP contribution >= 0.6 is 0 Å². The number of hydrogen-bond acceptors (Lipinski definition) is 22. The molecule has 0 bridgehead atoms. The van der Waals surface area contributed by atoms with Crippen LogP contribution in [0.3, 0.4) is 0 Å². The normalized spacial score (nSPS) is 14.6. The lowest BCUT2D eigenvalue weighted by Gasteiger charge is -2.30. The minimum Gasteiger partial charge on any atom is -0.508 e. The van der Waals surface area contributed by atoms with Crippen LogP contribution in [0.1, 0.15) is 189 Å². The number of nitrogens with one attached hydrogen (secondary N) is 18. The SMILES string of the molecule is CC(C)C[C@H](NC(=O)[C@H](CC(C)C)NC(=O)[C@H](CC(C)C)NC(=O)[C@H](Cc1ccccc1)NC(=O)[C@H](Cc1cnc[nH]1)NC(=O)[C@@H](NC(=O)[C@H](CC(C)C)NC(=O)[C@@H](N)CCC(=O)O)C(C)C)C(=O)N[C@@H](CCCCN)C(=O)N[C@@H](Cc1ccc(O)cc1)C(=O)N[C@@H](CCCNC(=N)N)C(=O)N[C@@H](C)C(=O)N[C@@H](CCCNC(=N)N)C(=O)N[C@@H](CCC(=O)O)C(=O)O. The number of guanidine groups is 2. The van der Waals surface area contributed by atoms with E-state index in [0.29, 0.717) is 23.2 Å². The maximum atomic E-state index is 15.0. The third-order valence-electron chi connectivity index (χ3n) is 20.0. The minimum absolute atomic E-state index is 0.00357. The van der Waals surface area contributed by atoms with E-state index >= 15 is 4.79 Å². The van der Waals surface area contributed by atoms with E-state index < -0.39 is 216 Å². The van der Waals surface area contributed by atoms with Gasteiger partial charge >= 0.3 is 17.9 Å². The Bertz CT molecular complexity index is 4120. The molecule has 0 saturated carbocycles. The van der Waals surface area contributed by atoms with Crippen LogP contribution in [0.2, 0.25) is 0 Å². The number of aliphatic carboxylic acids is 3. The molecule has 13 amide bonds. The number of nitrogens with two attached hydrogens (primary N) is 4. The van der Waals surface area contributed by atoms with Crippen molar-refractivity contribution in [3.05, 3.63) is 83.9 Å². The van der Waals surface area contributed by atoms with Crippen LogP contribution in [-0.4, -0.2) is 241 Å². The quantitative estimate of drug-likeness (QED) is 0.0167. The van der Waals surface area contributed by atoms with Crippen molar-refractivity contribution in [1.82, 2.24) is 89.7 Å². The lowest BCUT2D eigenvalue weighted by Crippen LogP contribution is -2.62. The van der Waals surface area contributed by atoms with Gasteiger partial charge in [-0.3, -0.25) is 82.7 Å². The van der Waals surface area contributed by atoms with Crippen LogP contribution in [0.5, 0.6) is 5.75 Å². The predicted octanol–water partition coefficient (Wildman–Crippen LogP) is -1.90. The zero-order valence-corrected chi connectivity index (χ0v) is 74.2. The van der Waals surface area contributed by atoms with E-state index in [2.05, 4.69) is 89.7 Å². The summed E-state index contributed by atoms with van der Waals surface area (Å²) in [5, 5.41) is 93.2. The van der Waals surface area contributed by atoms with Gasteiger partial charge in [0.2, 0.25) is 76.8 Å². The van der Waals surface area contributed by atoms with Crippen LogP contribution in [0.15, 0.2) is 67.1 Å². The summed E-state index contributed by atoms with van der Waals surface area (Å²) in [6.45, 7) is 18.9. The summed E-state index contributed by atoms with van der Waals surface area (Å²) < 4.78 is 0. The van der Waals surface area contributed by atoms with Gasteiger partial charge in [0.1, 0.15) is 84.3 Å². The van der Waals surface area contributed by atoms with Crippen LogP contribution in [0, 0.1) is 40.4 Å². The Kier molecular flexibility index (Phi) is 48.2. The maximum Gasteiger partial charge on any atom is 0.326 e. The number of rotatable bonds is 60. The van der Waals surface area contributed by atoms with Gasteiger partial charge in [0.25, 0.3) is 0 Å². The van der Waals surface area contributed by atoms with Gasteiger partial charge in [-0.2, -0.15) is 0 Å². The van der Waals surface area contributed by atoms with E-state index in [-0.39, 0.29) is 139 Å². The molecule has 3 aromatic rings. The monoisotopic (exact) mass is 1790 g/mol. The van der Waals surface area contributed by atoms with Crippen LogP contribution in [-0.2, 0) is 96.0 Å². The summed E-state index contributed by atoms with van der Waals surface area (Å²) in [5.74, 6) is -18.3. The number of aromatic hydroxyl groups is 1. The van der Waals surface area contributed by atoms with Crippen LogP contribution in [0.25, 0.3) is 0 Å². The number of aromatic nitrogens is 2. The molecule has 0 aliphatic carbocycles. The van der Waals surface area contributed by atoms with Gasteiger partial charge in [-0.05, 0) is 150 Å². The molecule has 0 aliphatic rings. The highest BCUT2D eigenvalue weighted by Crippen LogP contribution is 2.19. The van der Waals surface area contributed by atoms with Gasteiger partial charge < -0.3 is 128 Å².